The Labute approximate surface area is 179 Å². The molecule has 10 heteroatoms. The predicted molar refractivity (Wildman–Crippen MR) is 108 cm³/mol. The van der Waals surface area contributed by atoms with Crippen molar-refractivity contribution in [2.75, 3.05) is 32.8 Å². The van der Waals surface area contributed by atoms with Crippen LogP contribution in [0.3, 0.4) is 0 Å². The highest BCUT2D eigenvalue weighted by atomic mass is 32.2. The summed E-state index contributed by atoms with van der Waals surface area (Å²) in [6, 6.07) is 10.4. The van der Waals surface area contributed by atoms with E-state index in [4.69, 9.17) is 4.74 Å². The van der Waals surface area contributed by atoms with Gasteiger partial charge in [0.05, 0.1) is 17.1 Å². The first-order valence-corrected chi connectivity index (χ1v) is 11.3. The van der Waals surface area contributed by atoms with Crippen LogP contribution in [0.25, 0.3) is 0 Å². The van der Waals surface area contributed by atoms with Gasteiger partial charge in [-0.1, -0.05) is 13.0 Å². The Balaban J connectivity index is 1.65. The summed E-state index contributed by atoms with van der Waals surface area (Å²) >= 11 is 0. The molecule has 0 atom stereocenters. The number of carbonyl (C=O) groups is 1. The van der Waals surface area contributed by atoms with E-state index in [1.165, 1.54) is 4.90 Å². The molecule has 1 saturated heterocycles. The van der Waals surface area contributed by atoms with Crippen molar-refractivity contribution in [3.8, 4) is 5.75 Å². The minimum Gasteiger partial charge on any atom is -0.494 e. The molecule has 168 valence electrons. The molecule has 1 aliphatic rings. The van der Waals surface area contributed by atoms with Crippen LogP contribution in [0.5, 0.6) is 5.75 Å². The van der Waals surface area contributed by atoms with Gasteiger partial charge in [-0.05, 0) is 48.9 Å². The fourth-order valence-corrected chi connectivity index (χ4v) is 4.68. The number of rotatable bonds is 6. The summed E-state index contributed by atoms with van der Waals surface area (Å²) < 4.78 is 70.9. The fourth-order valence-electron chi connectivity index (χ4n) is 3.21. The first-order chi connectivity index (χ1) is 14.6. The highest BCUT2D eigenvalue weighted by Crippen LogP contribution is 2.31. The largest absolute Gasteiger partial charge is 0.494 e. The molecule has 0 radical (unpaired) electrons. The molecule has 0 bridgehead atoms. The standard InChI is InChI=1S/C21H23F3N2O4S/c1-2-14-30-18-8-6-16(7-9-18)20(27)25-10-12-26(13-11-25)31(28,29)19-5-3-4-17(15-19)21(22,23)24/h3-9,15H,2,10-14H2,1H3. The number of halogens is 3. The van der Waals surface area contributed by atoms with E-state index in [-0.39, 0.29) is 32.1 Å². The number of nitrogens with zero attached hydrogens (tertiary/aromatic N) is 2. The van der Waals surface area contributed by atoms with Gasteiger partial charge in [-0.3, -0.25) is 4.79 Å². The summed E-state index contributed by atoms with van der Waals surface area (Å²) in [5, 5.41) is 0. The molecule has 2 aromatic rings. The number of benzene rings is 2. The Morgan fingerprint density at radius 2 is 1.68 bits per heavy atom. The van der Waals surface area contributed by atoms with Gasteiger partial charge in [-0.25, -0.2) is 8.42 Å². The second-order valence-corrected chi connectivity index (χ2v) is 9.03. The Morgan fingerprint density at radius 3 is 2.26 bits per heavy atom. The maximum Gasteiger partial charge on any atom is 0.416 e. The van der Waals surface area contributed by atoms with E-state index in [1.807, 2.05) is 6.92 Å². The number of hydrogen-bond acceptors (Lipinski definition) is 4. The summed E-state index contributed by atoms with van der Waals surface area (Å²) in [7, 11) is -4.09. The number of sulfonamides is 1. The van der Waals surface area contributed by atoms with Crippen molar-refractivity contribution in [2.45, 2.75) is 24.4 Å². The SMILES string of the molecule is CCCOc1ccc(C(=O)N2CCN(S(=O)(=O)c3cccc(C(F)(F)F)c3)CC2)cc1. The summed E-state index contributed by atoms with van der Waals surface area (Å²) in [5.74, 6) is 0.425. The smallest absolute Gasteiger partial charge is 0.416 e. The van der Waals surface area contributed by atoms with Crippen LogP contribution in [0.2, 0.25) is 0 Å². The summed E-state index contributed by atoms with van der Waals surface area (Å²) in [6.07, 6.45) is -3.76. The molecule has 0 unspecified atom stereocenters. The van der Waals surface area contributed by atoms with Crippen LogP contribution in [0.1, 0.15) is 29.3 Å². The van der Waals surface area contributed by atoms with Crippen molar-refractivity contribution in [3.63, 3.8) is 0 Å². The lowest BCUT2D eigenvalue weighted by atomic mass is 10.2. The normalized spacial score (nSPS) is 15.7. The lowest BCUT2D eigenvalue weighted by Gasteiger charge is -2.34. The second-order valence-electron chi connectivity index (χ2n) is 7.09. The Morgan fingerprint density at radius 1 is 1.03 bits per heavy atom. The third-order valence-electron chi connectivity index (χ3n) is 4.90. The molecule has 0 aliphatic carbocycles. The molecule has 0 spiro atoms. The molecule has 1 fully saturated rings. The van der Waals surface area contributed by atoms with E-state index in [1.54, 1.807) is 24.3 Å². The van der Waals surface area contributed by atoms with E-state index in [2.05, 4.69) is 0 Å². The summed E-state index contributed by atoms with van der Waals surface area (Å²) in [4.78, 5) is 13.8. The van der Waals surface area contributed by atoms with Crippen molar-refractivity contribution in [2.24, 2.45) is 0 Å². The monoisotopic (exact) mass is 456 g/mol. The van der Waals surface area contributed by atoms with E-state index in [0.717, 1.165) is 28.9 Å². The van der Waals surface area contributed by atoms with Crippen LogP contribution in [0.15, 0.2) is 53.4 Å². The van der Waals surface area contributed by atoms with Crippen LogP contribution in [0.4, 0.5) is 13.2 Å². The molecule has 0 aromatic heterocycles. The lowest BCUT2D eigenvalue weighted by Crippen LogP contribution is -2.50. The number of amides is 1. The maximum atomic E-state index is 12.9. The van der Waals surface area contributed by atoms with E-state index in [9.17, 15) is 26.4 Å². The number of ether oxygens (including phenoxy) is 1. The highest BCUT2D eigenvalue weighted by molar-refractivity contribution is 7.89. The molecule has 3 rings (SSSR count). The summed E-state index contributed by atoms with van der Waals surface area (Å²) in [5.41, 5.74) is -0.563. The van der Waals surface area contributed by atoms with Crippen LogP contribution in [-0.2, 0) is 16.2 Å². The molecular weight excluding hydrogens is 433 g/mol. The zero-order chi connectivity index (χ0) is 22.6. The minimum absolute atomic E-state index is 0.00200. The first-order valence-electron chi connectivity index (χ1n) is 9.82. The van der Waals surface area contributed by atoms with Gasteiger partial charge in [0.25, 0.3) is 5.91 Å². The predicted octanol–water partition coefficient (Wildman–Crippen LogP) is 3.64. The molecule has 6 nitrogen and oxygen atoms in total. The number of alkyl halides is 3. The average molecular weight is 456 g/mol. The fraction of sp³-hybridized carbons (Fsp3) is 0.381. The summed E-state index contributed by atoms with van der Waals surface area (Å²) in [6.45, 7) is 2.86. The number of hydrogen-bond donors (Lipinski definition) is 0. The first kappa shape index (κ1) is 23.1. The van der Waals surface area contributed by atoms with Crippen molar-refractivity contribution < 1.29 is 31.1 Å². The van der Waals surface area contributed by atoms with Crippen LogP contribution < -0.4 is 4.74 Å². The molecular formula is C21H23F3N2O4S. The quantitative estimate of drug-likeness (QED) is 0.666. The van der Waals surface area contributed by atoms with Crippen molar-refractivity contribution >= 4 is 15.9 Å². The molecule has 1 aliphatic heterocycles. The number of carbonyl (C=O) groups excluding carboxylic acids is 1. The zero-order valence-corrected chi connectivity index (χ0v) is 17.7. The van der Waals surface area contributed by atoms with Crippen LogP contribution >= 0.6 is 0 Å². The van der Waals surface area contributed by atoms with Gasteiger partial charge in [0.1, 0.15) is 5.75 Å². The third-order valence-corrected chi connectivity index (χ3v) is 6.79. The molecule has 1 heterocycles. The molecule has 0 N–H and O–H groups in total. The van der Waals surface area contributed by atoms with Gasteiger partial charge in [-0.15, -0.1) is 0 Å². The van der Waals surface area contributed by atoms with Crippen LogP contribution in [-0.4, -0.2) is 56.3 Å². The van der Waals surface area contributed by atoms with Crippen LogP contribution in [0, 0.1) is 0 Å². The highest BCUT2D eigenvalue weighted by Gasteiger charge is 2.34. The van der Waals surface area contributed by atoms with Gasteiger partial charge in [0.2, 0.25) is 10.0 Å². The van der Waals surface area contributed by atoms with Gasteiger partial charge >= 0.3 is 6.18 Å². The molecule has 31 heavy (non-hydrogen) atoms. The van der Waals surface area contributed by atoms with Crippen molar-refractivity contribution in [1.82, 2.24) is 9.21 Å². The third kappa shape index (κ3) is 5.37. The molecule has 1 amide bonds. The van der Waals surface area contributed by atoms with Crippen molar-refractivity contribution in [1.29, 1.82) is 0 Å². The molecule has 2 aromatic carbocycles. The van der Waals surface area contributed by atoms with Gasteiger partial charge in [0, 0.05) is 31.7 Å². The van der Waals surface area contributed by atoms with E-state index >= 15 is 0 Å². The van der Waals surface area contributed by atoms with Crippen molar-refractivity contribution in [3.05, 3.63) is 59.7 Å². The van der Waals surface area contributed by atoms with Gasteiger partial charge in [-0.2, -0.15) is 17.5 Å². The average Bonchev–Trinajstić information content (AvgIpc) is 2.77. The van der Waals surface area contributed by atoms with Gasteiger partial charge < -0.3 is 9.64 Å². The minimum atomic E-state index is -4.63. The van der Waals surface area contributed by atoms with E-state index < -0.39 is 26.7 Å². The zero-order valence-electron chi connectivity index (χ0n) is 16.9. The second kappa shape index (κ2) is 9.27. The van der Waals surface area contributed by atoms with E-state index in [0.29, 0.717) is 24.0 Å². The molecule has 0 saturated carbocycles. The Hall–Kier alpha value is -2.59. The lowest BCUT2D eigenvalue weighted by molar-refractivity contribution is -0.137. The Kier molecular flexibility index (Phi) is 6.90. The topological polar surface area (TPSA) is 66.9 Å². The number of piperazine rings is 1. The Bertz CT molecular complexity index is 1020. The van der Waals surface area contributed by atoms with Gasteiger partial charge in [0.15, 0.2) is 0 Å². The maximum absolute atomic E-state index is 12.9.